The fraction of sp³-hybridized carbons (Fsp3) is 0.0714. The molecule has 0 spiro atoms. The highest BCUT2D eigenvalue weighted by atomic mass is 127. The average molecular weight is 385 g/mol. The molecule has 1 aromatic heterocycles. The fourth-order valence-corrected chi connectivity index (χ4v) is 2.52. The zero-order valence-electron chi connectivity index (χ0n) is 10.1. The monoisotopic (exact) mass is 384 g/mol. The minimum absolute atomic E-state index is 0.586. The number of imidazole rings is 1. The molecule has 2 aromatic carbocycles. The molecule has 0 unspecified atom stereocenters. The van der Waals surface area contributed by atoms with Crippen molar-refractivity contribution < 1.29 is 4.74 Å². The Hall–Kier alpha value is -1.27. The van der Waals surface area contributed by atoms with E-state index in [0.29, 0.717) is 5.02 Å². The number of nitrogens with zero attached hydrogens (tertiary/aromatic N) is 1. The smallest absolute Gasteiger partial charge is 0.138 e. The number of rotatable bonds is 2. The molecule has 0 saturated carbocycles. The van der Waals surface area contributed by atoms with Crippen LogP contribution in [0.1, 0.15) is 0 Å². The molecule has 0 radical (unpaired) electrons. The molecule has 0 fully saturated rings. The Morgan fingerprint density at radius 2 is 1.95 bits per heavy atom. The normalized spacial score (nSPS) is 10.9. The Labute approximate surface area is 129 Å². The van der Waals surface area contributed by atoms with Gasteiger partial charge in [-0.25, -0.2) is 4.98 Å². The number of hydrogen-bond acceptors (Lipinski definition) is 2. The first-order chi connectivity index (χ1) is 9.17. The van der Waals surface area contributed by atoms with Gasteiger partial charge in [0.25, 0.3) is 0 Å². The van der Waals surface area contributed by atoms with Gasteiger partial charge in [0, 0.05) is 21.3 Å². The largest absolute Gasteiger partial charge is 0.497 e. The molecule has 0 aliphatic rings. The first-order valence-corrected chi connectivity index (χ1v) is 7.12. The molecule has 3 aromatic rings. The second-order valence-corrected chi connectivity index (χ2v) is 5.75. The molecule has 19 heavy (non-hydrogen) atoms. The van der Waals surface area contributed by atoms with Crippen LogP contribution in [0.5, 0.6) is 5.75 Å². The van der Waals surface area contributed by atoms with Crippen molar-refractivity contribution in [3.63, 3.8) is 0 Å². The summed E-state index contributed by atoms with van der Waals surface area (Å²) in [7, 11) is 1.62. The van der Waals surface area contributed by atoms with Crippen molar-refractivity contribution >= 4 is 45.2 Å². The third-order valence-electron chi connectivity index (χ3n) is 2.87. The van der Waals surface area contributed by atoms with Gasteiger partial charge in [-0.2, -0.15) is 0 Å². The maximum Gasteiger partial charge on any atom is 0.138 e. The number of aromatic nitrogens is 2. The van der Waals surface area contributed by atoms with E-state index in [-0.39, 0.29) is 0 Å². The molecule has 96 valence electrons. The van der Waals surface area contributed by atoms with Gasteiger partial charge in [0.05, 0.1) is 17.6 Å². The Balaban J connectivity index is 2.16. The predicted octanol–water partition coefficient (Wildman–Crippen LogP) is 4.50. The van der Waals surface area contributed by atoms with E-state index >= 15 is 0 Å². The number of ether oxygens (including phenoxy) is 1. The Morgan fingerprint density at radius 3 is 2.63 bits per heavy atom. The van der Waals surface area contributed by atoms with E-state index in [0.717, 1.165) is 28.2 Å². The molecule has 0 saturated heterocycles. The summed E-state index contributed by atoms with van der Waals surface area (Å²) in [5.74, 6) is 1.52. The number of fused-ring (bicyclic) bond motifs is 1. The number of H-pyrrole nitrogens is 1. The highest BCUT2D eigenvalue weighted by molar-refractivity contribution is 14.1. The standard InChI is InChI=1S/C14H10ClIN2O/c1-19-10-6-11(15)13-12(7-10)17-14(18-13)8-2-4-9(16)5-3-8/h2-7H,1H3,(H,17,18). The lowest BCUT2D eigenvalue weighted by Crippen LogP contribution is -1.82. The summed E-state index contributed by atoms with van der Waals surface area (Å²) >= 11 is 8.48. The van der Waals surface area contributed by atoms with Crippen LogP contribution in [0.4, 0.5) is 0 Å². The van der Waals surface area contributed by atoms with Gasteiger partial charge in [0.1, 0.15) is 17.1 Å². The first kappa shape index (κ1) is 12.7. The van der Waals surface area contributed by atoms with Gasteiger partial charge in [-0.3, -0.25) is 0 Å². The first-order valence-electron chi connectivity index (χ1n) is 5.66. The average Bonchev–Trinajstić information content (AvgIpc) is 2.84. The van der Waals surface area contributed by atoms with E-state index in [2.05, 4.69) is 32.6 Å². The highest BCUT2D eigenvalue weighted by Gasteiger charge is 2.10. The van der Waals surface area contributed by atoms with Gasteiger partial charge >= 0.3 is 0 Å². The van der Waals surface area contributed by atoms with E-state index in [1.54, 1.807) is 13.2 Å². The van der Waals surface area contributed by atoms with Crippen molar-refractivity contribution in [2.75, 3.05) is 7.11 Å². The van der Waals surface area contributed by atoms with Crippen LogP contribution >= 0.6 is 34.2 Å². The van der Waals surface area contributed by atoms with Crippen LogP contribution < -0.4 is 4.74 Å². The Kier molecular flexibility index (Phi) is 3.36. The van der Waals surface area contributed by atoms with Crippen LogP contribution in [0, 0.1) is 3.57 Å². The summed E-state index contributed by atoms with van der Waals surface area (Å²) in [5.41, 5.74) is 2.67. The van der Waals surface area contributed by atoms with Crippen LogP contribution in [0.3, 0.4) is 0 Å². The molecule has 0 amide bonds. The van der Waals surface area contributed by atoms with Crippen LogP contribution in [0.25, 0.3) is 22.4 Å². The molecule has 0 atom stereocenters. The van der Waals surface area contributed by atoms with Gasteiger partial charge in [-0.1, -0.05) is 23.7 Å². The Bertz CT molecular complexity index is 737. The SMILES string of the molecule is COc1cc(Cl)c2nc(-c3ccc(I)cc3)[nH]c2c1. The number of hydrogen-bond donors (Lipinski definition) is 1. The number of halogens is 2. The molecular formula is C14H10ClIN2O. The van der Waals surface area contributed by atoms with Crippen LogP contribution in [-0.2, 0) is 0 Å². The number of aromatic amines is 1. The number of nitrogens with one attached hydrogen (secondary N) is 1. The van der Waals surface area contributed by atoms with Crippen molar-refractivity contribution in [2.45, 2.75) is 0 Å². The second kappa shape index (κ2) is 5.02. The lowest BCUT2D eigenvalue weighted by atomic mass is 10.2. The molecule has 1 heterocycles. The molecule has 0 aliphatic heterocycles. The summed E-state index contributed by atoms with van der Waals surface area (Å²) in [6.45, 7) is 0. The van der Waals surface area contributed by atoms with Gasteiger partial charge in [0.2, 0.25) is 0 Å². The summed E-state index contributed by atoms with van der Waals surface area (Å²) < 4.78 is 6.39. The van der Waals surface area contributed by atoms with E-state index in [1.165, 1.54) is 3.57 Å². The van der Waals surface area contributed by atoms with E-state index in [9.17, 15) is 0 Å². The van der Waals surface area contributed by atoms with Crippen molar-refractivity contribution in [2.24, 2.45) is 0 Å². The van der Waals surface area contributed by atoms with Gasteiger partial charge in [0.15, 0.2) is 0 Å². The maximum atomic E-state index is 6.20. The fourth-order valence-electron chi connectivity index (χ4n) is 1.91. The molecule has 0 bridgehead atoms. The lowest BCUT2D eigenvalue weighted by Gasteiger charge is -1.99. The Morgan fingerprint density at radius 1 is 1.21 bits per heavy atom. The quantitative estimate of drug-likeness (QED) is 0.661. The van der Waals surface area contributed by atoms with Gasteiger partial charge in [-0.15, -0.1) is 0 Å². The molecule has 3 nitrogen and oxygen atoms in total. The molecular weight excluding hydrogens is 375 g/mol. The maximum absolute atomic E-state index is 6.20. The third kappa shape index (κ3) is 2.42. The highest BCUT2D eigenvalue weighted by Crippen LogP contribution is 2.30. The van der Waals surface area contributed by atoms with Crippen molar-refractivity contribution in [1.29, 1.82) is 0 Å². The number of methoxy groups -OCH3 is 1. The topological polar surface area (TPSA) is 37.9 Å². The summed E-state index contributed by atoms with van der Waals surface area (Å²) in [5, 5.41) is 0.586. The minimum atomic E-state index is 0.586. The minimum Gasteiger partial charge on any atom is -0.497 e. The summed E-state index contributed by atoms with van der Waals surface area (Å²) in [6, 6.07) is 11.8. The van der Waals surface area contributed by atoms with Crippen LogP contribution in [-0.4, -0.2) is 17.1 Å². The molecule has 5 heteroatoms. The van der Waals surface area contributed by atoms with Crippen molar-refractivity contribution in [3.8, 4) is 17.1 Å². The summed E-state index contributed by atoms with van der Waals surface area (Å²) in [6.07, 6.45) is 0. The molecule has 1 N–H and O–H groups in total. The van der Waals surface area contributed by atoms with Gasteiger partial charge < -0.3 is 9.72 Å². The van der Waals surface area contributed by atoms with Crippen molar-refractivity contribution in [1.82, 2.24) is 9.97 Å². The van der Waals surface area contributed by atoms with Crippen molar-refractivity contribution in [3.05, 3.63) is 45.0 Å². The van der Waals surface area contributed by atoms with Crippen LogP contribution in [0.2, 0.25) is 5.02 Å². The zero-order valence-corrected chi connectivity index (χ0v) is 13.0. The molecule has 3 rings (SSSR count). The second-order valence-electron chi connectivity index (χ2n) is 4.10. The van der Waals surface area contributed by atoms with E-state index in [1.807, 2.05) is 30.3 Å². The van der Waals surface area contributed by atoms with Crippen LogP contribution in [0.15, 0.2) is 36.4 Å². The number of benzene rings is 2. The lowest BCUT2D eigenvalue weighted by molar-refractivity contribution is 0.415. The molecule has 0 aliphatic carbocycles. The van der Waals surface area contributed by atoms with E-state index in [4.69, 9.17) is 16.3 Å². The third-order valence-corrected chi connectivity index (χ3v) is 3.87. The summed E-state index contributed by atoms with van der Waals surface area (Å²) in [4.78, 5) is 7.81. The predicted molar refractivity (Wildman–Crippen MR) is 85.8 cm³/mol. The van der Waals surface area contributed by atoms with E-state index < -0.39 is 0 Å². The zero-order chi connectivity index (χ0) is 13.4. The van der Waals surface area contributed by atoms with Gasteiger partial charge in [-0.05, 0) is 34.7 Å².